The van der Waals surface area contributed by atoms with Crippen molar-refractivity contribution in [1.82, 2.24) is 0 Å². The molecule has 1 N–H and O–H groups in total. The van der Waals surface area contributed by atoms with Gasteiger partial charge < -0.3 is 9.84 Å². The minimum absolute atomic E-state index is 0.0441. The van der Waals surface area contributed by atoms with Crippen LogP contribution in [0.15, 0.2) is 36.4 Å². The molecule has 0 aliphatic carbocycles. The molecule has 0 unspecified atom stereocenters. The van der Waals surface area contributed by atoms with Crippen LogP contribution in [0.2, 0.25) is 0 Å². The van der Waals surface area contributed by atoms with E-state index < -0.39 is 23.2 Å². The fourth-order valence-corrected chi connectivity index (χ4v) is 1.25. The van der Waals surface area contributed by atoms with Crippen LogP contribution in [-0.4, -0.2) is 5.11 Å². The van der Waals surface area contributed by atoms with Crippen molar-refractivity contribution in [2.24, 2.45) is 0 Å². The molecule has 0 bridgehead atoms. The van der Waals surface area contributed by atoms with Gasteiger partial charge in [0.15, 0.2) is 28.9 Å². The number of phenolic OH excluding ortho intramolecular Hbond substituents is 1. The zero-order chi connectivity index (χ0) is 12.4. The smallest absolute Gasteiger partial charge is 0.204 e. The van der Waals surface area contributed by atoms with Gasteiger partial charge >= 0.3 is 0 Å². The fraction of sp³-hybridized carbons (Fsp3) is 0. The molecule has 0 atom stereocenters. The van der Waals surface area contributed by atoms with Gasteiger partial charge in [0, 0.05) is 0 Å². The fourth-order valence-electron chi connectivity index (χ4n) is 1.25. The molecule has 5 heteroatoms. The molecule has 0 saturated carbocycles. The Morgan fingerprint density at radius 1 is 0.824 bits per heavy atom. The second-order valence-electron chi connectivity index (χ2n) is 3.24. The number of halogens is 3. The third kappa shape index (κ3) is 2.18. The number of phenols is 1. The van der Waals surface area contributed by atoms with Crippen molar-refractivity contribution in [3.05, 3.63) is 53.8 Å². The van der Waals surface area contributed by atoms with Crippen LogP contribution in [0.1, 0.15) is 0 Å². The lowest BCUT2D eigenvalue weighted by Crippen LogP contribution is -1.95. The van der Waals surface area contributed by atoms with E-state index in [1.165, 1.54) is 12.1 Å². The third-order valence-corrected chi connectivity index (χ3v) is 2.08. The molecule has 0 heterocycles. The molecular weight excluding hydrogens is 233 g/mol. The normalized spacial score (nSPS) is 10.3. The highest BCUT2D eigenvalue weighted by Gasteiger charge is 2.15. The standard InChI is InChI=1S/C12H7F3O2/c13-7-5-6-10(12(15)11(7)14)17-9-4-2-1-3-8(9)16/h1-6,16H. The maximum Gasteiger partial charge on any atom is 0.204 e. The topological polar surface area (TPSA) is 29.5 Å². The first kappa shape index (κ1) is 11.3. The molecule has 0 saturated heterocycles. The predicted molar refractivity (Wildman–Crippen MR) is 54.5 cm³/mol. The summed E-state index contributed by atoms with van der Waals surface area (Å²) < 4.78 is 43.8. The van der Waals surface area contributed by atoms with Crippen LogP contribution in [0.4, 0.5) is 13.2 Å². The molecule has 0 spiro atoms. The van der Waals surface area contributed by atoms with Crippen molar-refractivity contribution in [1.29, 1.82) is 0 Å². The van der Waals surface area contributed by atoms with Crippen molar-refractivity contribution < 1.29 is 23.0 Å². The van der Waals surface area contributed by atoms with Gasteiger partial charge in [-0.05, 0) is 24.3 Å². The van der Waals surface area contributed by atoms with Crippen molar-refractivity contribution in [3.8, 4) is 17.2 Å². The molecular formula is C12H7F3O2. The molecule has 0 aliphatic rings. The number of ether oxygens (including phenoxy) is 1. The van der Waals surface area contributed by atoms with Crippen molar-refractivity contribution >= 4 is 0 Å². The average molecular weight is 240 g/mol. The zero-order valence-electron chi connectivity index (χ0n) is 8.45. The molecule has 0 aliphatic heterocycles. The first-order valence-electron chi connectivity index (χ1n) is 4.69. The Balaban J connectivity index is 2.38. The van der Waals surface area contributed by atoms with Crippen LogP contribution in [-0.2, 0) is 0 Å². The van der Waals surface area contributed by atoms with Crippen LogP contribution in [0, 0.1) is 17.5 Å². The minimum Gasteiger partial charge on any atom is -0.504 e. The average Bonchev–Trinajstić information content (AvgIpc) is 2.32. The highest BCUT2D eigenvalue weighted by Crippen LogP contribution is 2.32. The van der Waals surface area contributed by atoms with E-state index in [1.807, 2.05) is 0 Å². The molecule has 2 nitrogen and oxygen atoms in total. The zero-order valence-corrected chi connectivity index (χ0v) is 8.45. The van der Waals surface area contributed by atoms with Crippen molar-refractivity contribution in [2.75, 3.05) is 0 Å². The summed E-state index contributed by atoms with van der Waals surface area (Å²) in [5.41, 5.74) is 0. The van der Waals surface area contributed by atoms with Crippen LogP contribution in [0.25, 0.3) is 0 Å². The summed E-state index contributed by atoms with van der Waals surface area (Å²) in [4.78, 5) is 0. The Morgan fingerprint density at radius 3 is 2.24 bits per heavy atom. The van der Waals surface area contributed by atoms with Gasteiger partial charge in [-0.2, -0.15) is 4.39 Å². The van der Waals surface area contributed by atoms with E-state index in [0.29, 0.717) is 0 Å². The predicted octanol–water partition coefficient (Wildman–Crippen LogP) is 3.60. The molecule has 2 rings (SSSR count). The van der Waals surface area contributed by atoms with Crippen LogP contribution in [0.3, 0.4) is 0 Å². The molecule has 0 radical (unpaired) electrons. The van der Waals surface area contributed by atoms with Gasteiger partial charge in [-0.1, -0.05) is 12.1 Å². The lowest BCUT2D eigenvalue weighted by Gasteiger charge is -2.08. The van der Waals surface area contributed by atoms with Gasteiger partial charge in [-0.25, -0.2) is 8.78 Å². The number of rotatable bonds is 2. The van der Waals surface area contributed by atoms with Crippen LogP contribution in [0.5, 0.6) is 17.2 Å². The Labute approximate surface area is 94.9 Å². The number of hydrogen-bond acceptors (Lipinski definition) is 2. The highest BCUT2D eigenvalue weighted by molar-refractivity contribution is 5.42. The molecule has 2 aromatic carbocycles. The van der Waals surface area contributed by atoms with Gasteiger partial charge in [0.1, 0.15) is 0 Å². The Hall–Kier alpha value is -2.17. The number of hydrogen-bond donors (Lipinski definition) is 1. The number of para-hydroxylation sites is 2. The maximum atomic E-state index is 13.3. The summed E-state index contributed by atoms with van der Waals surface area (Å²) in [6, 6.07) is 7.48. The Morgan fingerprint density at radius 2 is 1.53 bits per heavy atom. The van der Waals surface area contributed by atoms with Crippen LogP contribution < -0.4 is 4.74 Å². The maximum absolute atomic E-state index is 13.3. The summed E-state index contributed by atoms with van der Waals surface area (Å²) in [5, 5.41) is 9.37. The SMILES string of the molecule is Oc1ccccc1Oc1ccc(F)c(F)c1F. The second kappa shape index (κ2) is 4.37. The van der Waals surface area contributed by atoms with Gasteiger partial charge in [-0.3, -0.25) is 0 Å². The molecule has 0 amide bonds. The summed E-state index contributed by atoms with van der Waals surface area (Å²) in [6.45, 7) is 0. The van der Waals surface area contributed by atoms with Gasteiger partial charge in [0.05, 0.1) is 0 Å². The summed E-state index contributed by atoms with van der Waals surface area (Å²) in [6.07, 6.45) is 0. The first-order valence-corrected chi connectivity index (χ1v) is 4.69. The number of aromatic hydroxyl groups is 1. The van der Waals surface area contributed by atoms with Crippen molar-refractivity contribution in [3.63, 3.8) is 0 Å². The molecule has 88 valence electrons. The quantitative estimate of drug-likeness (QED) is 0.812. The van der Waals surface area contributed by atoms with E-state index in [9.17, 15) is 18.3 Å². The number of benzene rings is 2. The van der Waals surface area contributed by atoms with E-state index in [4.69, 9.17) is 4.74 Å². The Bertz CT molecular complexity index is 555. The molecule has 0 fully saturated rings. The third-order valence-electron chi connectivity index (χ3n) is 2.08. The highest BCUT2D eigenvalue weighted by atomic mass is 19.2. The summed E-state index contributed by atoms with van der Waals surface area (Å²) >= 11 is 0. The summed E-state index contributed by atoms with van der Waals surface area (Å²) in [7, 11) is 0. The second-order valence-corrected chi connectivity index (χ2v) is 3.24. The summed E-state index contributed by atoms with van der Waals surface area (Å²) in [5.74, 6) is -5.11. The lowest BCUT2D eigenvalue weighted by atomic mass is 10.3. The Kier molecular flexibility index (Phi) is 2.91. The van der Waals surface area contributed by atoms with E-state index in [1.54, 1.807) is 12.1 Å². The van der Waals surface area contributed by atoms with E-state index in [2.05, 4.69) is 0 Å². The van der Waals surface area contributed by atoms with E-state index in [0.717, 1.165) is 12.1 Å². The van der Waals surface area contributed by atoms with Gasteiger partial charge in [0.2, 0.25) is 5.82 Å². The van der Waals surface area contributed by atoms with Gasteiger partial charge in [0.25, 0.3) is 0 Å². The van der Waals surface area contributed by atoms with E-state index >= 15 is 0 Å². The molecule has 0 aromatic heterocycles. The minimum atomic E-state index is -1.61. The van der Waals surface area contributed by atoms with Crippen LogP contribution >= 0.6 is 0 Å². The van der Waals surface area contributed by atoms with Gasteiger partial charge in [-0.15, -0.1) is 0 Å². The molecule has 17 heavy (non-hydrogen) atoms. The monoisotopic (exact) mass is 240 g/mol. The first-order chi connectivity index (χ1) is 8.09. The lowest BCUT2D eigenvalue weighted by molar-refractivity contribution is 0.374. The van der Waals surface area contributed by atoms with Crippen molar-refractivity contribution in [2.45, 2.75) is 0 Å². The molecule has 2 aromatic rings. The van der Waals surface area contributed by atoms with E-state index in [-0.39, 0.29) is 11.5 Å². The largest absolute Gasteiger partial charge is 0.504 e.